The molecule has 192 valence electrons. The van der Waals surface area contributed by atoms with Crippen LogP contribution in [0.3, 0.4) is 0 Å². The van der Waals surface area contributed by atoms with Crippen molar-refractivity contribution in [1.82, 2.24) is 5.43 Å². The molecular weight excluding hydrogens is 521 g/mol. The van der Waals surface area contributed by atoms with Crippen LogP contribution in [0.5, 0.6) is 17.2 Å². The highest BCUT2D eigenvalue weighted by Gasteiger charge is 2.15. The average Bonchev–Trinajstić information content (AvgIpc) is 2.90. The third-order valence-electron chi connectivity index (χ3n) is 4.72. The standard InChI is InChI=1S/C26H23Cl2N3O6/c1-3-12-36-19-8-5-17(6-9-19)26(34)37-22-11-4-16(13-23(22)35-2)15-29-31-25(33)24(32)30-18-7-10-20(27)21(28)14-18/h4-11,13-15H,3,12H2,1-2H3,(H,30,32)(H,31,33)/b29-15+. The van der Waals surface area contributed by atoms with Crippen LogP contribution >= 0.6 is 23.2 Å². The first kappa shape index (κ1) is 27.5. The predicted molar refractivity (Wildman–Crippen MR) is 141 cm³/mol. The molecule has 0 fully saturated rings. The van der Waals surface area contributed by atoms with Crippen LogP contribution in [-0.2, 0) is 9.59 Å². The molecule has 9 nitrogen and oxygen atoms in total. The molecule has 0 aliphatic heterocycles. The second kappa shape index (κ2) is 13.3. The van der Waals surface area contributed by atoms with E-state index in [-0.39, 0.29) is 16.5 Å². The number of halogens is 2. The minimum Gasteiger partial charge on any atom is -0.494 e. The lowest BCUT2D eigenvalue weighted by molar-refractivity contribution is -0.136. The Balaban J connectivity index is 1.58. The van der Waals surface area contributed by atoms with Gasteiger partial charge in [-0.15, -0.1) is 0 Å². The zero-order valence-corrected chi connectivity index (χ0v) is 21.4. The van der Waals surface area contributed by atoms with Gasteiger partial charge in [0.2, 0.25) is 0 Å². The van der Waals surface area contributed by atoms with Crippen LogP contribution in [0.2, 0.25) is 10.0 Å². The molecule has 11 heteroatoms. The van der Waals surface area contributed by atoms with Crippen molar-refractivity contribution in [2.75, 3.05) is 19.0 Å². The number of nitrogens with zero attached hydrogens (tertiary/aromatic N) is 1. The second-order valence-corrected chi connectivity index (χ2v) is 8.27. The number of benzene rings is 3. The summed E-state index contributed by atoms with van der Waals surface area (Å²) in [5.41, 5.74) is 3.28. The van der Waals surface area contributed by atoms with Crippen LogP contribution in [0.1, 0.15) is 29.3 Å². The Morgan fingerprint density at radius 2 is 1.68 bits per heavy atom. The Morgan fingerprint density at radius 3 is 2.35 bits per heavy atom. The molecule has 0 saturated heterocycles. The van der Waals surface area contributed by atoms with E-state index < -0.39 is 17.8 Å². The van der Waals surface area contributed by atoms with Crippen molar-refractivity contribution in [3.05, 3.63) is 81.8 Å². The summed E-state index contributed by atoms with van der Waals surface area (Å²) in [6.07, 6.45) is 2.18. The predicted octanol–water partition coefficient (Wildman–Crippen LogP) is 5.10. The monoisotopic (exact) mass is 543 g/mol. The van der Waals surface area contributed by atoms with E-state index in [1.165, 1.54) is 37.6 Å². The zero-order valence-electron chi connectivity index (χ0n) is 19.9. The summed E-state index contributed by atoms with van der Waals surface area (Å²) in [5, 5.41) is 6.70. The van der Waals surface area contributed by atoms with Crippen LogP contribution in [0.15, 0.2) is 65.8 Å². The van der Waals surface area contributed by atoms with Gasteiger partial charge < -0.3 is 19.5 Å². The van der Waals surface area contributed by atoms with Crippen LogP contribution in [0, 0.1) is 0 Å². The highest BCUT2D eigenvalue weighted by atomic mass is 35.5. The molecular formula is C26H23Cl2N3O6. The van der Waals surface area contributed by atoms with Gasteiger partial charge in [0.25, 0.3) is 0 Å². The number of anilines is 1. The largest absolute Gasteiger partial charge is 0.494 e. The summed E-state index contributed by atoms with van der Waals surface area (Å²) in [5.74, 6) is -1.38. The molecule has 0 radical (unpaired) electrons. The number of methoxy groups -OCH3 is 1. The number of hydrogen-bond acceptors (Lipinski definition) is 7. The average molecular weight is 544 g/mol. The molecule has 0 aliphatic rings. The normalized spacial score (nSPS) is 10.6. The first-order valence-electron chi connectivity index (χ1n) is 11.0. The van der Waals surface area contributed by atoms with E-state index >= 15 is 0 Å². The number of amides is 2. The molecule has 0 spiro atoms. The summed E-state index contributed by atoms with van der Waals surface area (Å²) in [7, 11) is 1.42. The molecule has 0 atom stereocenters. The maximum absolute atomic E-state index is 12.5. The molecule has 3 aromatic rings. The molecule has 0 unspecified atom stereocenters. The minimum atomic E-state index is -0.994. The Kier molecular flexibility index (Phi) is 9.88. The lowest BCUT2D eigenvalue weighted by atomic mass is 10.2. The smallest absolute Gasteiger partial charge is 0.343 e. The molecule has 0 saturated carbocycles. The zero-order chi connectivity index (χ0) is 26.8. The van der Waals surface area contributed by atoms with Gasteiger partial charge in [-0.05, 0) is 72.6 Å². The fraction of sp³-hybridized carbons (Fsp3) is 0.154. The number of esters is 1. The maximum atomic E-state index is 12.5. The number of hydrazone groups is 1. The van der Waals surface area contributed by atoms with Gasteiger partial charge >= 0.3 is 17.8 Å². The molecule has 0 heterocycles. The van der Waals surface area contributed by atoms with Gasteiger partial charge in [-0.2, -0.15) is 5.10 Å². The summed E-state index contributed by atoms with van der Waals surface area (Å²) >= 11 is 11.7. The van der Waals surface area contributed by atoms with Crippen molar-refractivity contribution in [1.29, 1.82) is 0 Å². The van der Waals surface area contributed by atoms with Crippen molar-refractivity contribution in [3.8, 4) is 17.2 Å². The van der Waals surface area contributed by atoms with Crippen molar-refractivity contribution < 1.29 is 28.6 Å². The highest BCUT2D eigenvalue weighted by molar-refractivity contribution is 6.43. The number of hydrogen-bond donors (Lipinski definition) is 2. The van der Waals surface area contributed by atoms with Crippen molar-refractivity contribution >= 4 is 52.9 Å². The van der Waals surface area contributed by atoms with Gasteiger partial charge in [0.15, 0.2) is 11.5 Å². The lowest BCUT2D eigenvalue weighted by Crippen LogP contribution is -2.32. The van der Waals surface area contributed by atoms with Gasteiger partial charge in [0, 0.05) is 5.69 Å². The molecule has 3 aromatic carbocycles. The third kappa shape index (κ3) is 7.96. The molecule has 2 N–H and O–H groups in total. The van der Waals surface area contributed by atoms with E-state index in [1.54, 1.807) is 36.4 Å². The minimum absolute atomic E-state index is 0.195. The highest BCUT2D eigenvalue weighted by Crippen LogP contribution is 2.29. The van der Waals surface area contributed by atoms with Gasteiger partial charge in [-0.3, -0.25) is 9.59 Å². The Labute approximate surface area is 223 Å². The van der Waals surface area contributed by atoms with E-state index in [0.717, 1.165) is 6.42 Å². The van der Waals surface area contributed by atoms with Crippen LogP contribution < -0.4 is 25.0 Å². The second-order valence-electron chi connectivity index (χ2n) is 7.45. The first-order chi connectivity index (χ1) is 17.8. The number of nitrogens with one attached hydrogen (secondary N) is 2. The summed E-state index contributed by atoms with van der Waals surface area (Å²) in [6, 6.07) is 15.7. The molecule has 37 heavy (non-hydrogen) atoms. The van der Waals surface area contributed by atoms with Crippen LogP contribution in [0.25, 0.3) is 0 Å². The Bertz CT molecular complexity index is 1310. The van der Waals surface area contributed by atoms with Gasteiger partial charge in [0.05, 0.1) is 35.5 Å². The van der Waals surface area contributed by atoms with E-state index in [4.69, 9.17) is 37.4 Å². The maximum Gasteiger partial charge on any atom is 0.343 e. The Morgan fingerprint density at radius 1 is 0.919 bits per heavy atom. The number of carbonyl (C=O) groups is 3. The molecule has 0 aromatic heterocycles. The summed E-state index contributed by atoms with van der Waals surface area (Å²) in [6.45, 7) is 2.60. The Hall–Kier alpha value is -4.08. The van der Waals surface area contributed by atoms with E-state index in [2.05, 4.69) is 15.8 Å². The van der Waals surface area contributed by atoms with Gasteiger partial charge in [-0.25, -0.2) is 10.2 Å². The van der Waals surface area contributed by atoms with Gasteiger partial charge in [-0.1, -0.05) is 30.1 Å². The van der Waals surface area contributed by atoms with E-state index in [1.807, 2.05) is 6.92 Å². The number of ether oxygens (including phenoxy) is 3. The van der Waals surface area contributed by atoms with Gasteiger partial charge in [0.1, 0.15) is 5.75 Å². The molecule has 2 amide bonds. The van der Waals surface area contributed by atoms with Crippen molar-refractivity contribution in [3.63, 3.8) is 0 Å². The number of carbonyl (C=O) groups excluding carboxylic acids is 3. The van der Waals surface area contributed by atoms with E-state index in [9.17, 15) is 14.4 Å². The molecule has 3 rings (SSSR count). The van der Waals surface area contributed by atoms with Crippen LogP contribution in [-0.4, -0.2) is 37.7 Å². The third-order valence-corrected chi connectivity index (χ3v) is 5.46. The first-order valence-corrected chi connectivity index (χ1v) is 11.8. The molecule has 0 bridgehead atoms. The topological polar surface area (TPSA) is 115 Å². The van der Waals surface area contributed by atoms with Crippen LogP contribution in [0.4, 0.5) is 5.69 Å². The fourth-order valence-corrected chi connectivity index (χ4v) is 3.19. The van der Waals surface area contributed by atoms with Crippen molar-refractivity contribution in [2.45, 2.75) is 13.3 Å². The molecule has 0 aliphatic carbocycles. The summed E-state index contributed by atoms with van der Waals surface area (Å²) in [4.78, 5) is 36.6. The fourth-order valence-electron chi connectivity index (χ4n) is 2.89. The van der Waals surface area contributed by atoms with Crippen molar-refractivity contribution in [2.24, 2.45) is 5.10 Å². The van der Waals surface area contributed by atoms with E-state index in [0.29, 0.717) is 34.2 Å². The number of rotatable bonds is 9. The lowest BCUT2D eigenvalue weighted by Gasteiger charge is -2.10. The SMILES string of the molecule is CCCOc1ccc(C(=O)Oc2ccc(/C=N/NC(=O)C(=O)Nc3ccc(Cl)c(Cl)c3)cc2OC)cc1. The quantitative estimate of drug-likeness (QED) is 0.127. The summed E-state index contributed by atoms with van der Waals surface area (Å²) < 4.78 is 16.3.